The van der Waals surface area contributed by atoms with Crippen LogP contribution in [0.3, 0.4) is 0 Å². The molecule has 7 heteroatoms. The van der Waals surface area contributed by atoms with Crippen molar-refractivity contribution >= 4 is 22.4 Å². The van der Waals surface area contributed by atoms with Gasteiger partial charge in [-0.1, -0.05) is 6.07 Å². The summed E-state index contributed by atoms with van der Waals surface area (Å²) in [6, 6.07) is 11.5. The summed E-state index contributed by atoms with van der Waals surface area (Å²) in [5, 5.41) is 9.55. The molecule has 108 valence electrons. The minimum Gasteiger partial charge on any atom is -0.457 e. The van der Waals surface area contributed by atoms with Crippen LogP contribution in [0.4, 0.5) is 0 Å². The van der Waals surface area contributed by atoms with E-state index in [4.69, 9.17) is 9.39 Å². The maximum atomic E-state index is 11.4. The van der Waals surface area contributed by atoms with Crippen molar-refractivity contribution in [2.24, 2.45) is 0 Å². The van der Waals surface area contributed by atoms with Crippen molar-refractivity contribution in [1.29, 1.82) is 0 Å². The lowest BCUT2D eigenvalue weighted by molar-refractivity contribution is 0.275. The zero-order chi connectivity index (χ0) is 15.0. The van der Waals surface area contributed by atoms with E-state index in [1.54, 1.807) is 30.3 Å². The molecule has 1 aliphatic heterocycles. The topological polar surface area (TPSA) is 72.8 Å². The number of hydrogen-bond acceptors (Lipinski definition) is 5. The Hall–Kier alpha value is -1.83. The lowest BCUT2D eigenvalue weighted by atomic mass is 9.80. The van der Waals surface area contributed by atoms with E-state index in [1.165, 1.54) is 12.1 Å². The number of hydrogen-bond donors (Lipinski definition) is 1. The van der Waals surface area contributed by atoms with E-state index in [2.05, 4.69) is 0 Å². The normalized spacial score (nSPS) is 14.1. The van der Waals surface area contributed by atoms with Crippen LogP contribution >= 0.6 is 0 Å². The number of sulfone groups is 1. The summed E-state index contributed by atoms with van der Waals surface area (Å²) < 4.78 is 33.6. The maximum Gasteiger partial charge on any atom is 0.491 e. The largest absolute Gasteiger partial charge is 0.491 e. The monoisotopic (exact) mass is 304 g/mol. The third-order valence-electron chi connectivity index (χ3n) is 3.26. The molecule has 0 bridgehead atoms. The van der Waals surface area contributed by atoms with Gasteiger partial charge in [0.25, 0.3) is 0 Å². The van der Waals surface area contributed by atoms with Gasteiger partial charge in [0.05, 0.1) is 11.5 Å². The van der Waals surface area contributed by atoms with Crippen molar-refractivity contribution in [3.63, 3.8) is 0 Å². The van der Waals surface area contributed by atoms with Gasteiger partial charge in [-0.2, -0.15) is 0 Å². The zero-order valence-corrected chi connectivity index (χ0v) is 12.1. The van der Waals surface area contributed by atoms with E-state index >= 15 is 0 Å². The van der Waals surface area contributed by atoms with E-state index in [0.717, 1.165) is 17.3 Å². The fraction of sp³-hybridized carbons (Fsp3) is 0.143. The summed E-state index contributed by atoms with van der Waals surface area (Å²) >= 11 is 0. The molecule has 3 rings (SSSR count). The molecule has 0 radical (unpaired) electrons. The Labute approximate surface area is 123 Å². The van der Waals surface area contributed by atoms with Gasteiger partial charge in [0.15, 0.2) is 9.84 Å². The molecule has 0 aliphatic carbocycles. The van der Waals surface area contributed by atoms with Gasteiger partial charge in [-0.05, 0) is 47.4 Å². The number of ether oxygens (including phenoxy) is 1. The Bertz CT molecular complexity index is 770. The smallest absolute Gasteiger partial charge is 0.457 e. The van der Waals surface area contributed by atoms with Crippen molar-refractivity contribution in [3.8, 4) is 11.5 Å². The second kappa shape index (κ2) is 5.18. The quantitative estimate of drug-likeness (QED) is 0.860. The lowest BCUT2D eigenvalue weighted by Crippen LogP contribution is -2.27. The Morgan fingerprint density at radius 2 is 1.81 bits per heavy atom. The van der Waals surface area contributed by atoms with E-state index in [1.807, 2.05) is 0 Å². The van der Waals surface area contributed by atoms with Gasteiger partial charge >= 0.3 is 7.12 Å². The van der Waals surface area contributed by atoms with Crippen molar-refractivity contribution in [2.75, 3.05) is 6.26 Å². The second-order valence-corrected chi connectivity index (χ2v) is 6.89. The molecular weight excluding hydrogens is 291 g/mol. The van der Waals surface area contributed by atoms with E-state index < -0.39 is 17.0 Å². The first kappa shape index (κ1) is 14.1. The van der Waals surface area contributed by atoms with Gasteiger partial charge < -0.3 is 14.4 Å². The highest BCUT2D eigenvalue weighted by Gasteiger charge is 2.27. The molecule has 0 saturated heterocycles. The third kappa shape index (κ3) is 2.95. The number of rotatable bonds is 3. The summed E-state index contributed by atoms with van der Waals surface area (Å²) in [5.74, 6) is 1.15. The summed E-state index contributed by atoms with van der Waals surface area (Å²) in [7, 11) is -4.08. The molecule has 0 amide bonds. The molecule has 0 aromatic heterocycles. The van der Waals surface area contributed by atoms with Crippen LogP contribution in [0.2, 0.25) is 0 Å². The van der Waals surface area contributed by atoms with Crippen LogP contribution in [-0.4, -0.2) is 26.8 Å². The van der Waals surface area contributed by atoms with E-state index in [0.29, 0.717) is 18.1 Å². The highest BCUT2D eigenvalue weighted by molar-refractivity contribution is 7.90. The molecule has 0 atom stereocenters. The summed E-state index contributed by atoms with van der Waals surface area (Å²) in [6.45, 7) is 0.348. The predicted octanol–water partition coefficient (Wildman–Crippen LogP) is 1.10. The average Bonchev–Trinajstić information content (AvgIpc) is 2.80. The third-order valence-corrected chi connectivity index (χ3v) is 4.39. The molecule has 2 aromatic rings. The van der Waals surface area contributed by atoms with Gasteiger partial charge in [0.1, 0.15) is 11.5 Å². The molecule has 1 N–H and O–H groups in total. The first-order chi connectivity index (χ1) is 9.93. The number of fused-ring (bicyclic) bond motifs is 1. The minimum absolute atomic E-state index is 0.250. The Morgan fingerprint density at radius 1 is 1.14 bits per heavy atom. The van der Waals surface area contributed by atoms with Gasteiger partial charge in [-0.15, -0.1) is 0 Å². The summed E-state index contributed by atoms with van der Waals surface area (Å²) in [6.07, 6.45) is 1.16. The van der Waals surface area contributed by atoms with Gasteiger partial charge in [-0.3, -0.25) is 0 Å². The summed E-state index contributed by atoms with van der Waals surface area (Å²) in [4.78, 5) is 0.250. The summed E-state index contributed by atoms with van der Waals surface area (Å²) in [5.41, 5.74) is 1.63. The van der Waals surface area contributed by atoms with E-state index in [9.17, 15) is 13.4 Å². The highest BCUT2D eigenvalue weighted by Crippen LogP contribution is 2.24. The predicted molar refractivity (Wildman–Crippen MR) is 78.5 cm³/mol. The van der Waals surface area contributed by atoms with Crippen LogP contribution in [0.15, 0.2) is 47.4 Å². The fourth-order valence-corrected chi connectivity index (χ4v) is 2.79. The van der Waals surface area contributed by atoms with Crippen LogP contribution in [0, 0.1) is 0 Å². The molecule has 0 spiro atoms. The number of benzene rings is 2. The van der Waals surface area contributed by atoms with Gasteiger partial charge in [0, 0.05) is 6.26 Å². The molecule has 0 fully saturated rings. The molecule has 21 heavy (non-hydrogen) atoms. The second-order valence-electron chi connectivity index (χ2n) is 4.87. The standard InChI is InChI=1S/C14H13BO5S/c1-21(17,18)13-5-2-11(3-6-13)20-12-4-7-14-10(8-12)9-19-15(14)16/h2-8,16H,9H2,1H3. The molecule has 5 nitrogen and oxygen atoms in total. The molecular formula is C14H13BO5S. The Morgan fingerprint density at radius 3 is 2.48 bits per heavy atom. The van der Waals surface area contributed by atoms with Crippen LogP contribution in [0.25, 0.3) is 0 Å². The average molecular weight is 304 g/mol. The SMILES string of the molecule is CS(=O)(=O)c1ccc(Oc2ccc3c(c2)COB3O)cc1. The first-order valence-corrected chi connectivity index (χ1v) is 8.23. The van der Waals surface area contributed by atoms with Crippen molar-refractivity contribution in [2.45, 2.75) is 11.5 Å². The van der Waals surface area contributed by atoms with Crippen LogP contribution in [0.1, 0.15) is 5.56 Å². The zero-order valence-electron chi connectivity index (χ0n) is 11.3. The van der Waals surface area contributed by atoms with Gasteiger partial charge in [-0.25, -0.2) is 8.42 Å². The molecule has 0 saturated carbocycles. The molecule has 2 aromatic carbocycles. The molecule has 0 unspecified atom stereocenters. The van der Waals surface area contributed by atoms with Crippen molar-refractivity contribution in [3.05, 3.63) is 48.0 Å². The van der Waals surface area contributed by atoms with Gasteiger partial charge in [0.2, 0.25) is 0 Å². The molecule has 1 heterocycles. The van der Waals surface area contributed by atoms with Crippen LogP contribution < -0.4 is 10.2 Å². The van der Waals surface area contributed by atoms with Crippen LogP contribution in [0.5, 0.6) is 11.5 Å². The Balaban J connectivity index is 1.81. The van der Waals surface area contributed by atoms with Crippen LogP contribution in [-0.2, 0) is 21.1 Å². The van der Waals surface area contributed by atoms with Crippen molar-refractivity contribution in [1.82, 2.24) is 0 Å². The maximum absolute atomic E-state index is 11.4. The minimum atomic E-state index is -3.21. The molecule has 1 aliphatic rings. The first-order valence-electron chi connectivity index (χ1n) is 6.34. The fourth-order valence-electron chi connectivity index (χ4n) is 2.16. The Kier molecular flexibility index (Phi) is 3.48. The lowest BCUT2D eigenvalue weighted by Gasteiger charge is -2.08. The van der Waals surface area contributed by atoms with E-state index in [-0.39, 0.29) is 4.90 Å². The van der Waals surface area contributed by atoms with Crippen molar-refractivity contribution < 1.29 is 22.8 Å². The highest BCUT2D eigenvalue weighted by atomic mass is 32.2.